The monoisotopic (exact) mass is 851 g/mol. The average molecular weight is 851 g/mol. The smallest absolute Gasteiger partial charge is 0.306 e. The average Bonchev–Trinajstić information content (AvgIpc) is 3.26. The summed E-state index contributed by atoms with van der Waals surface area (Å²) in [6.07, 6.45) is 61.7. The van der Waals surface area contributed by atoms with Gasteiger partial charge in [0.15, 0.2) is 6.10 Å². The Morgan fingerprint density at radius 1 is 0.361 bits per heavy atom. The molecule has 0 N–H and O–H groups in total. The second-order valence-corrected chi connectivity index (χ2v) is 16.7. The molecular weight excluding hydrogens is 757 g/mol. The summed E-state index contributed by atoms with van der Waals surface area (Å²) in [4.78, 5) is 37.9. The Balaban J connectivity index is 4.42. The highest BCUT2D eigenvalue weighted by Crippen LogP contribution is 2.14. The minimum absolute atomic E-state index is 0.0903. The zero-order chi connectivity index (χ0) is 44.4. The Hall–Kier alpha value is -3.15. The molecule has 0 saturated carbocycles. The van der Waals surface area contributed by atoms with Crippen molar-refractivity contribution < 1.29 is 28.6 Å². The normalized spacial score (nSPS) is 12.6. The van der Waals surface area contributed by atoms with Gasteiger partial charge < -0.3 is 14.2 Å². The highest BCUT2D eigenvalue weighted by atomic mass is 16.6. The van der Waals surface area contributed by atoms with Gasteiger partial charge in [-0.1, -0.05) is 203 Å². The lowest BCUT2D eigenvalue weighted by molar-refractivity contribution is -0.167. The molecule has 0 rings (SSSR count). The molecule has 0 bridgehead atoms. The molecule has 0 aromatic rings. The number of hydrogen-bond donors (Lipinski definition) is 0. The summed E-state index contributed by atoms with van der Waals surface area (Å²) in [5, 5.41) is 0. The molecule has 0 aliphatic carbocycles. The van der Waals surface area contributed by atoms with E-state index in [4.69, 9.17) is 14.2 Å². The first-order valence-electron chi connectivity index (χ1n) is 25.5. The SMILES string of the molecule is CC/C=C\C/C=C\CCCCCCCCCC(=O)OC(COC(=O)CCCCCCC\C=C/C=C\C=C/CCCCCCC)COC(=O)CCCCCCC/C=C\CCCC. The molecule has 1 unspecified atom stereocenters. The first-order valence-corrected chi connectivity index (χ1v) is 25.5. The van der Waals surface area contributed by atoms with Crippen molar-refractivity contribution in [2.24, 2.45) is 0 Å². The van der Waals surface area contributed by atoms with Crippen molar-refractivity contribution in [2.75, 3.05) is 13.2 Å². The standard InChI is InChI=1S/C55H94O6/c1-4-7-10-13-16-19-22-24-26-27-28-29-31-33-36-39-42-45-48-54(57)60-51-52(50-59-53(56)47-44-41-38-35-32-21-18-15-12-9-6-3)61-55(58)49-46-43-40-37-34-30-25-23-20-17-14-11-8-5-2/h8,11,15,17-18,20,22,24,26-29,52H,4-7,9-10,12-14,16,19,21,23,25,30-51H2,1-3H3/b11-8-,18-15-,20-17-,24-22-,27-26-,29-28-. The minimum atomic E-state index is -0.790. The van der Waals surface area contributed by atoms with Crippen LogP contribution in [-0.2, 0) is 28.6 Å². The lowest BCUT2D eigenvalue weighted by Crippen LogP contribution is -2.30. The van der Waals surface area contributed by atoms with Gasteiger partial charge in [0.2, 0.25) is 0 Å². The third-order valence-corrected chi connectivity index (χ3v) is 10.7. The van der Waals surface area contributed by atoms with Crippen LogP contribution in [0.25, 0.3) is 0 Å². The second kappa shape index (κ2) is 49.5. The molecule has 61 heavy (non-hydrogen) atoms. The predicted molar refractivity (Wildman–Crippen MR) is 261 cm³/mol. The van der Waals surface area contributed by atoms with Gasteiger partial charge in [-0.05, 0) is 89.9 Å². The zero-order valence-corrected chi connectivity index (χ0v) is 39.9. The largest absolute Gasteiger partial charge is 0.462 e. The van der Waals surface area contributed by atoms with E-state index in [-0.39, 0.29) is 31.1 Å². The van der Waals surface area contributed by atoms with E-state index in [9.17, 15) is 14.4 Å². The Labute approximate surface area is 376 Å². The number of esters is 3. The number of ether oxygens (including phenoxy) is 3. The summed E-state index contributed by atoms with van der Waals surface area (Å²) >= 11 is 0. The molecule has 0 aromatic carbocycles. The molecule has 0 saturated heterocycles. The Morgan fingerprint density at radius 3 is 1.18 bits per heavy atom. The van der Waals surface area contributed by atoms with E-state index in [1.165, 1.54) is 96.3 Å². The lowest BCUT2D eigenvalue weighted by atomic mass is 10.1. The Bertz CT molecular complexity index is 1160. The summed E-state index contributed by atoms with van der Waals surface area (Å²) in [7, 11) is 0. The van der Waals surface area contributed by atoms with Crippen molar-refractivity contribution in [3.8, 4) is 0 Å². The van der Waals surface area contributed by atoms with Crippen molar-refractivity contribution in [3.05, 3.63) is 72.9 Å². The number of unbranched alkanes of at least 4 members (excludes halogenated alkanes) is 24. The summed E-state index contributed by atoms with van der Waals surface area (Å²) in [5.41, 5.74) is 0. The molecule has 0 aliphatic heterocycles. The van der Waals surface area contributed by atoms with E-state index in [2.05, 4.69) is 93.7 Å². The molecule has 0 amide bonds. The highest BCUT2D eigenvalue weighted by molar-refractivity contribution is 5.71. The van der Waals surface area contributed by atoms with Crippen molar-refractivity contribution in [2.45, 2.75) is 245 Å². The lowest BCUT2D eigenvalue weighted by Gasteiger charge is -2.18. The van der Waals surface area contributed by atoms with Gasteiger partial charge in [0, 0.05) is 19.3 Å². The van der Waals surface area contributed by atoms with Crippen LogP contribution in [0.2, 0.25) is 0 Å². The predicted octanol–water partition coefficient (Wildman–Crippen LogP) is 16.6. The summed E-state index contributed by atoms with van der Waals surface area (Å²) in [6.45, 7) is 6.44. The van der Waals surface area contributed by atoms with E-state index < -0.39 is 6.10 Å². The fourth-order valence-electron chi connectivity index (χ4n) is 6.87. The number of allylic oxidation sites excluding steroid dienone is 12. The maximum absolute atomic E-state index is 12.8. The van der Waals surface area contributed by atoms with Gasteiger partial charge >= 0.3 is 17.9 Å². The number of carbonyl (C=O) groups is 3. The quantitative estimate of drug-likeness (QED) is 0.0200. The third kappa shape index (κ3) is 47.7. The fourth-order valence-corrected chi connectivity index (χ4v) is 6.87. The van der Waals surface area contributed by atoms with Crippen LogP contribution in [0.15, 0.2) is 72.9 Å². The van der Waals surface area contributed by atoms with E-state index in [1.807, 2.05) is 0 Å². The van der Waals surface area contributed by atoms with Crippen LogP contribution in [0.1, 0.15) is 239 Å². The van der Waals surface area contributed by atoms with E-state index in [0.717, 1.165) is 103 Å². The highest BCUT2D eigenvalue weighted by Gasteiger charge is 2.19. The van der Waals surface area contributed by atoms with Crippen molar-refractivity contribution in [1.82, 2.24) is 0 Å². The van der Waals surface area contributed by atoms with Crippen LogP contribution in [0, 0.1) is 0 Å². The first kappa shape index (κ1) is 57.9. The van der Waals surface area contributed by atoms with Gasteiger partial charge in [0.05, 0.1) is 0 Å². The molecule has 6 heteroatoms. The molecular formula is C55H94O6. The van der Waals surface area contributed by atoms with Crippen molar-refractivity contribution in [1.29, 1.82) is 0 Å². The van der Waals surface area contributed by atoms with Gasteiger partial charge in [0.1, 0.15) is 13.2 Å². The van der Waals surface area contributed by atoms with E-state index in [0.29, 0.717) is 19.3 Å². The van der Waals surface area contributed by atoms with E-state index >= 15 is 0 Å². The maximum Gasteiger partial charge on any atom is 0.306 e. The second-order valence-electron chi connectivity index (χ2n) is 16.7. The van der Waals surface area contributed by atoms with Crippen LogP contribution >= 0.6 is 0 Å². The first-order chi connectivity index (χ1) is 30.0. The Kier molecular flexibility index (Phi) is 46.9. The zero-order valence-electron chi connectivity index (χ0n) is 39.9. The molecule has 1 atom stereocenters. The maximum atomic E-state index is 12.8. The van der Waals surface area contributed by atoms with Gasteiger partial charge in [-0.3, -0.25) is 14.4 Å². The summed E-state index contributed by atoms with van der Waals surface area (Å²) in [5.74, 6) is -0.928. The van der Waals surface area contributed by atoms with Crippen molar-refractivity contribution in [3.63, 3.8) is 0 Å². The molecule has 6 nitrogen and oxygen atoms in total. The molecule has 0 radical (unpaired) electrons. The van der Waals surface area contributed by atoms with Gasteiger partial charge in [-0.2, -0.15) is 0 Å². The molecule has 0 aromatic heterocycles. The number of hydrogen-bond acceptors (Lipinski definition) is 6. The Morgan fingerprint density at radius 2 is 0.721 bits per heavy atom. The molecule has 350 valence electrons. The van der Waals surface area contributed by atoms with Crippen molar-refractivity contribution >= 4 is 17.9 Å². The summed E-state index contributed by atoms with van der Waals surface area (Å²) < 4.78 is 16.7. The van der Waals surface area contributed by atoms with Gasteiger partial charge in [0.25, 0.3) is 0 Å². The van der Waals surface area contributed by atoms with Crippen LogP contribution in [-0.4, -0.2) is 37.2 Å². The topological polar surface area (TPSA) is 78.9 Å². The minimum Gasteiger partial charge on any atom is -0.462 e. The van der Waals surface area contributed by atoms with Gasteiger partial charge in [-0.25, -0.2) is 0 Å². The van der Waals surface area contributed by atoms with Gasteiger partial charge in [-0.15, -0.1) is 0 Å². The molecule has 0 fully saturated rings. The number of carbonyl (C=O) groups excluding carboxylic acids is 3. The fraction of sp³-hybridized carbons (Fsp3) is 0.727. The molecule has 0 heterocycles. The third-order valence-electron chi connectivity index (χ3n) is 10.7. The van der Waals surface area contributed by atoms with E-state index in [1.54, 1.807) is 0 Å². The van der Waals surface area contributed by atoms with Crippen LogP contribution in [0.5, 0.6) is 0 Å². The molecule has 0 spiro atoms. The summed E-state index contributed by atoms with van der Waals surface area (Å²) in [6, 6.07) is 0. The number of rotatable bonds is 45. The van der Waals surface area contributed by atoms with Crippen LogP contribution in [0.3, 0.4) is 0 Å². The van der Waals surface area contributed by atoms with Crippen LogP contribution < -0.4 is 0 Å². The molecule has 0 aliphatic rings. The van der Waals surface area contributed by atoms with Crippen LogP contribution in [0.4, 0.5) is 0 Å².